The van der Waals surface area contributed by atoms with Crippen LogP contribution in [0.3, 0.4) is 0 Å². The number of fused-ring (bicyclic) bond motifs is 6. The summed E-state index contributed by atoms with van der Waals surface area (Å²) in [6.45, 7) is 4.14. The molecule has 0 bridgehead atoms. The molecule has 0 amide bonds. The third-order valence-electron chi connectivity index (χ3n) is 8.78. The van der Waals surface area contributed by atoms with Crippen LogP contribution < -0.4 is 0 Å². The van der Waals surface area contributed by atoms with Crippen molar-refractivity contribution in [2.24, 2.45) is 0 Å². The van der Waals surface area contributed by atoms with Crippen LogP contribution in [-0.2, 0) is 26.2 Å². The summed E-state index contributed by atoms with van der Waals surface area (Å²) in [4.78, 5) is 5.63. The third-order valence-corrected chi connectivity index (χ3v) is 8.78. The minimum atomic E-state index is 0.565. The van der Waals surface area contributed by atoms with Gasteiger partial charge >= 0.3 is 0 Å². The van der Waals surface area contributed by atoms with Gasteiger partial charge in [0.25, 0.3) is 0 Å². The zero-order valence-electron chi connectivity index (χ0n) is 20.9. The van der Waals surface area contributed by atoms with Gasteiger partial charge in [0, 0.05) is 38.3 Å². The van der Waals surface area contributed by atoms with E-state index in [2.05, 4.69) is 107 Å². The Morgan fingerprint density at radius 2 is 0.667 bits per heavy atom. The lowest BCUT2D eigenvalue weighted by Crippen LogP contribution is -2.52. The molecule has 4 aromatic carbocycles. The van der Waals surface area contributed by atoms with Gasteiger partial charge in [-0.15, -0.1) is 0 Å². The quantitative estimate of drug-likeness (QED) is 0.297. The van der Waals surface area contributed by atoms with Crippen molar-refractivity contribution in [3.05, 3.63) is 119 Å². The molecule has 0 unspecified atom stereocenters. The molecule has 1 fully saturated rings. The second-order valence-corrected chi connectivity index (χ2v) is 10.9. The van der Waals surface area contributed by atoms with Crippen LogP contribution in [0.2, 0.25) is 0 Å². The molecule has 0 spiro atoms. The smallest absolute Gasteiger partial charge is 0.0258 e. The van der Waals surface area contributed by atoms with Gasteiger partial charge < -0.3 is 0 Å². The van der Waals surface area contributed by atoms with E-state index < -0.39 is 0 Å². The molecule has 2 heterocycles. The predicted octanol–water partition coefficient (Wildman–Crippen LogP) is 7.66. The van der Waals surface area contributed by atoms with Gasteiger partial charge in [-0.2, -0.15) is 0 Å². The van der Waals surface area contributed by atoms with Crippen molar-refractivity contribution in [3.8, 4) is 22.3 Å². The van der Waals surface area contributed by atoms with Crippen LogP contribution in [0.15, 0.2) is 97.1 Å². The van der Waals surface area contributed by atoms with Crippen LogP contribution in [0.25, 0.3) is 22.3 Å². The first kappa shape index (κ1) is 22.0. The lowest BCUT2D eigenvalue weighted by atomic mass is 9.87. The summed E-state index contributed by atoms with van der Waals surface area (Å²) in [5.41, 5.74) is 11.6. The van der Waals surface area contributed by atoms with E-state index in [1.807, 2.05) is 0 Å². The molecule has 3 aliphatic rings. The van der Waals surface area contributed by atoms with Crippen molar-refractivity contribution >= 4 is 0 Å². The highest BCUT2D eigenvalue weighted by Gasteiger charge is 2.36. The fraction of sp³-hybridized carbons (Fsp3) is 0.294. The van der Waals surface area contributed by atoms with E-state index in [9.17, 15) is 0 Å². The van der Waals surface area contributed by atoms with E-state index in [0.29, 0.717) is 12.1 Å². The highest BCUT2D eigenvalue weighted by Crippen LogP contribution is 2.39. The van der Waals surface area contributed by atoms with Crippen LogP contribution in [-0.4, -0.2) is 21.9 Å². The highest BCUT2D eigenvalue weighted by molar-refractivity contribution is 5.72. The summed E-state index contributed by atoms with van der Waals surface area (Å²) >= 11 is 0. The van der Waals surface area contributed by atoms with Crippen LogP contribution >= 0.6 is 0 Å². The average molecular weight is 471 g/mol. The minimum Gasteiger partial charge on any atom is -0.290 e. The number of rotatable bonds is 2. The maximum absolute atomic E-state index is 2.82. The zero-order chi connectivity index (χ0) is 23.9. The Labute approximate surface area is 215 Å². The fourth-order valence-corrected chi connectivity index (χ4v) is 7.08. The van der Waals surface area contributed by atoms with Crippen LogP contribution in [0.5, 0.6) is 0 Å². The minimum absolute atomic E-state index is 0.565. The molecule has 1 saturated carbocycles. The van der Waals surface area contributed by atoms with Gasteiger partial charge in [-0.25, -0.2) is 0 Å². The highest BCUT2D eigenvalue weighted by atomic mass is 15.3. The number of hydrogen-bond donors (Lipinski definition) is 0. The van der Waals surface area contributed by atoms with Gasteiger partial charge in [0.05, 0.1) is 0 Å². The first-order valence-electron chi connectivity index (χ1n) is 13.7. The molecule has 180 valence electrons. The lowest BCUT2D eigenvalue weighted by Gasteiger charge is -2.45. The first-order chi connectivity index (χ1) is 17.8. The molecule has 0 N–H and O–H groups in total. The SMILES string of the molecule is c1ccc2c(c1)CN([C@@H]1CCCC[C@H]1N1Cc3ccccc3-c3ccccc3C1)Cc1ccccc1-2. The van der Waals surface area contributed by atoms with Crippen molar-refractivity contribution in [1.29, 1.82) is 0 Å². The summed E-state index contributed by atoms with van der Waals surface area (Å²) in [6, 6.07) is 37.4. The van der Waals surface area contributed by atoms with Gasteiger partial charge in [0.15, 0.2) is 0 Å². The molecule has 2 nitrogen and oxygen atoms in total. The molecule has 4 aromatic rings. The van der Waals surface area contributed by atoms with E-state index in [1.54, 1.807) is 0 Å². The molecule has 2 atom stereocenters. The molecule has 1 aliphatic carbocycles. The summed E-state index contributed by atoms with van der Waals surface area (Å²) in [6.07, 6.45) is 5.24. The molecule has 7 rings (SSSR count). The Morgan fingerprint density at radius 3 is 0.972 bits per heavy atom. The molecule has 2 aliphatic heterocycles. The van der Waals surface area contributed by atoms with Crippen LogP contribution in [0, 0.1) is 0 Å². The molecule has 0 saturated heterocycles. The van der Waals surface area contributed by atoms with Crippen LogP contribution in [0.1, 0.15) is 47.9 Å². The summed E-state index contributed by atoms with van der Waals surface area (Å²) in [7, 11) is 0. The Morgan fingerprint density at radius 1 is 0.389 bits per heavy atom. The second kappa shape index (κ2) is 9.35. The second-order valence-electron chi connectivity index (χ2n) is 10.9. The van der Waals surface area contributed by atoms with E-state index in [4.69, 9.17) is 0 Å². The molecule has 0 aromatic heterocycles. The Bertz CT molecular complexity index is 1190. The molecule has 2 heteroatoms. The normalized spacial score (nSPS) is 21.9. The Kier molecular flexibility index (Phi) is 5.72. The molecule has 36 heavy (non-hydrogen) atoms. The molecular weight excluding hydrogens is 436 g/mol. The predicted molar refractivity (Wildman–Crippen MR) is 148 cm³/mol. The van der Waals surface area contributed by atoms with Crippen molar-refractivity contribution in [1.82, 2.24) is 9.80 Å². The maximum atomic E-state index is 2.82. The maximum Gasteiger partial charge on any atom is 0.0258 e. The first-order valence-corrected chi connectivity index (χ1v) is 13.7. The number of nitrogens with zero attached hydrogens (tertiary/aromatic N) is 2. The van der Waals surface area contributed by atoms with Crippen molar-refractivity contribution in [2.75, 3.05) is 0 Å². The van der Waals surface area contributed by atoms with Gasteiger partial charge in [-0.05, 0) is 57.3 Å². The topological polar surface area (TPSA) is 6.48 Å². The lowest BCUT2D eigenvalue weighted by molar-refractivity contribution is 0.0309. The molecule has 0 radical (unpaired) electrons. The zero-order valence-corrected chi connectivity index (χ0v) is 20.9. The van der Waals surface area contributed by atoms with E-state index >= 15 is 0 Å². The molecular formula is C34H34N2. The Hall–Kier alpha value is -3.20. The number of hydrogen-bond acceptors (Lipinski definition) is 2. The summed E-state index contributed by atoms with van der Waals surface area (Å²) in [5, 5.41) is 0. The number of benzene rings is 4. The Balaban J connectivity index is 1.27. The van der Waals surface area contributed by atoms with E-state index in [0.717, 1.165) is 26.2 Å². The van der Waals surface area contributed by atoms with Gasteiger partial charge in [0.1, 0.15) is 0 Å². The monoisotopic (exact) mass is 470 g/mol. The largest absolute Gasteiger partial charge is 0.290 e. The van der Waals surface area contributed by atoms with Gasteiger partial charge in [0.2, 0.25) is 0 Å². The summed E-state index contributed by atoms with van der Waals surface area (Å²) in [5.74, 6) is 0. The third kappa shape index (κ3) is 3.89. The van der Waals surface area contributed by atoms with E-state index in [1.165, 1.54) is 70.2 Å². The van der Waals surface area contributed by atoms with Crippen LogP contribution in [0.4, 0.5) is 0 Å². The fourth-order valence-electron chi connectivity index (χ4n) is 7.08. The van der Waals surface area contributed by atoms with Crippen molar-refractivity contribution in [2.45, 2.75) is 63.9 Å². The van der Waals surface area contributed by atoms with Gasteiger partial charge in [-0.3, -0.25) is 9.80 Å². The summed E-state index contributed by atoms with van der Waals surface area (Å²) < 4.78 is 0. The van der Waals surface area contributed by atoms with Gasteiger partial charge in [-0.1, -0.05) is 110 Å². The average Bonchev–Trinajstić information content (AvgIpc) is 3.21. The van der Waals surface area contributed by atoms with Crippen molar-refractivity contribution < 1.29 is 0 Å². The van der Waals surface area contributed by atoms with Crippen molar-refractivity contribution in [3.63, 3.8) is 0 Å². The van der Waals surface area contributed by atoms with E-state index in [-0.39, 0.29) is 0 Å². The standard InChI is InChI=1S/C34H34N2/c1-5-15-29-25(11-1)21-35(22-26-12-2-6-16-30(26)29)33-19-9-10-20-34(33)36-23-27-13-3-7-17-31(27)32-18-8-4-14-28(32)24-36/h1-8,11-18,33-34H,9-10,19-24H2/t33-,34-/m1/s1.